The van der Waals surface area contributed by atoms with Crippen molar-refractivity contribution < 1.29 is 0 Å². The SMILES string of the molecule is C=CCCC(CCCCCCCCC/C=C\C/C=C\CCCCC)CCCCCCCCCC/C=C\C/C=C\CCC.CC/C=C\CC1C(C)CCC1CC. The van der Waals surface area contributed by atoms with E-state index in [2.05, 4.69) is 108 Å². The summed E-state index contributed by atoms with van der Waals surface area (Å²) in [5.74, 6) is 3.90. The molecule has 55 heavy (non-hydrogen) atoms. The van der Waals surface area contributed by atoms with Gasteiger partial charge in [0.2, 0.25) is 0 Å². The Morgan fingerprint density at radius 3 is 1.38 bits per heavy atom. The van der Waals surface area contributed by atoms with Crippen molar-refractivity contribution in [1.82, 2.24) is 0 Å². The zero-order valence-corrected chi connectivity index (χ0v) is 38.4. The van der Waals surface area contributed by atoms with Gasteiger partial charge in [-0.1, -0.05) is 230 Å². The third-order valence-corrected chi connectivity index (χ3v) is 12.3. The van der Waals surface area contributed by atoms with E-state index in [9.17, 15) is 0 Å². The highest BCUT2D eigenvalue weighted by Gasteiger charge is 2.30. The molecule has 0 spiro atoms. The quantitative estimate of drug-likeness (QED) is 0.0434. The summed E-state index contributed by atoms with van der Waals surface area (Å²) in [5, 5.41) is 0. The van der Waals surface area contributed by atoms with Gasteiger partial charge in [0.05, 0.1) is 0 Å². The van der Waals surface area contributed by atoms with Crippen LogP contribution in [-0.4, -0.2) is 0 Å². The Kier molecular flexibility index (Phi) is 43.9. The van der Waals surface area contributed by atoms with E-state index in [1.165, 1.54) is 205 Å². The van der Waals surface area contributed by atoms with Crippen molar-refractivity contribution in [2.75, 3.05) is 0 Å². The summed E-state index contributed by atoms with van der Waals surface area (Å²) in [4.78, 5) is 0. The van der Waals surface area contributed by atoms with Gasteiger partial charge in [-0.25, -0.2) is 0 Å². The van der Waals surface area contributed by atoms with E-state index in [0.717, 1.165) is 36.5 Å². The van der Waals surface area contributed by atoms with E-state index in [4.69, 9.17) is 0 Å². The smallest absolute Gasteiger partial charge is 0.0169 e. The lowest BCUT2D eigenvalue weighted by atomic mass is 9.86. The standard InChI is InChI=1S/C42H76.C13H24/c1-4-7-10-12-14-16-18-20-22-24-26-28-30-32-34-36-38-41-42(39-9-6-3)40-37-35-33-31-29-27-25-23-21-19-17-15-13-11-8-5-2;1-4-6-7-8-13-11(3)9-10-12(13)5-2/h6,11,13-14,16-17,19-20,22,42H,3-5,7-10,12,15,18,21,23-41H2,1-2H3;6-7,11-13H,4-5,8-10H2,1-3H3/b13-11-,16-14-,19-17-,22-20-;7-6-. The lowest BCUT2D eigenvalue weighted by Gasteiger charge is -2.19. The number of hydrogen-bond donors (Lipinski definition) is 0. The highest BCUT2D eigenvalue weighted by molar-refractivity contribution is 4.94. The number of unbranched alkanes of at least 4 members (excludes halogenated alkanes) is 19. The summed E-state index contributed by atoms with van der Waals surface area (Å²) < 4.78 is 0. The van der Waals surface area contributed by atoms with Gasteiger partial charge in [-0.15, -0.1) is 6.58 Å². The van der Waals surface area contributed by atoms with Crippen molar-refractivity contribution in [3.63, 3.8) is 0 Å². The molecule has 1 fully saturated rings. The van der Waals surface area contributed by atoms with E-state index in [-0.39, 0.29) is 0 Å². The fourth-order valence-corrected chi connectivity index (χ4v) is 8.54. The molecular formula is C55H100. The fourth-order valence-electron chi connectivity index (χ4n) is 8.54. The summed E-state index contributed by atoms with van der Waals surface area (Å²) in [5.41, 5.74) is 0. The van der Waals surface area contributed by atoms with Crippen LogP contribution < -0.4 is 0 Å². The molecule has 0 heteroatoms. The van der Waals surface area contributed by atoms with E-state index < -0.39 is 0 Å². The van der Waals surface area contributed by atoms with Crippen molar-refractivity contribution in [3.05, 3.63) is 73.4 Å². The highest BCUT2D eigenvalue weighted by Crippen LogP contribution is 2.40. The van der Waals surface area contributed by atoms with Crippen LogP contribution in [0.5, 0.6) is 0 Å². The van der Waals surface area contributed by atoms with Gasteiger partial charge in [0.1, 0.15) is 0 Å². The van der Waals surface area contributed by atoms with Crippen molar-refractivity contribution in [2.24, 2.45) is 23.7 Å². The van der Waals surface area contributed by atoms with Gasteiger partial charge in [0, 0.05) is 0 Å². The molecule has 1 saturated carbocycles. The molecule has 0 amide bonds. The average molecular weight is 761 g/mol. The lowest BCUT2D eigenvalue weighted by molar-refractivity contribution is 0.322. The zero-order valence-electron chi connectivity index (χ0n) is 38.4. The van der Waals surface area contributed by atoms with Gasteiger partial charge < -0.3 is 0 Å². The Morgan fingerprint density at radius 1 is 0.455 bits per heavy atom. The van der Waals surface area contributed by atoms with Gasteiger partial charge >= 0.3 is 0 Å². The van der Waals surface area contributed by atoms with Crippen LogP contribution in [0.3, 0.4) is 0 Å². The first-order valence-electron chi connectivity index (χ1n) is 25.0. The maximum atomic E-state index is 3.98. The summed E-state index contributed by atoms with van der Waals surface area (Å²) in [6.07, 6.45) is 72.0. The van der Waals surface area contributed by atoms with Crippen LogP contribution in [0.2, 0.25) is 0 Å². The zero-order chi connectivity index (χ0) is 40.1. The Bertz CT molecular complexity index is 897. The predicted molar refractivity (Wildman–Crippen MR) is 255 cm³/mol. The topological polar surface area (TPSA) is 0 Å². The van der Waals surface area contributed by atoms with E-state index in [1.807, 2.05) is 0 Å². The monoisotopic (exact) mass is 761 g/mol. The molecule has 4 atom stereocenters. The largest absolute Gasteiger partial charge is 0.103 e. The summed E-state index contributed by atoms with van der Waals surface area (Å²) in [6, 6.07) is 0. The van der Waals surface area contributed by atoms with Crippen molar-refractivity contribution >= 4 is 0 Å². The molecule has 0 nitrogen and oxygen atoms in total. The molecule has 0 aliphatic heterocycles. The second-order valence-electron chi connectivity index (χ2n) is 17.3. The van der Waals surface area contributed by atoms with E-state index in [1.54, 1.807) is 0 Å². The van der Waals surface area contributed by atoms with Crippen LogP contribution in [-0.2, 0) is 0 Å². The maximum absolute atomic E-state index is 3.98. The molecule has 4 unspecified atom stereocenters. The van der Waals surface area contributed by atoms with Crippen LogP contribution >= 0.6 is 0 Å². The molecule has 0 radical (unpaired) electrons. The lowest BCUT2D eigenvalue weighted by Crippen LogP contribution is -2.11. The molecule has 0 saturated heterocycles. The summed E-state index contributed by atoms with van der Waals surface area (Å²) in [6.45, 7) is 15.5. The van der Waals surface area contributed by atoms with Gasteiger partial charge in [0.15, 0.2) is 0 Å². The van der Waals surface area contributed by atoms with Crippen LogP contribution in [0, 0.1) is 23.7 Å². The normalized spacial score (nSPS) is 18.1. The number of hydrogen-bond acceptors (Lipinski definition) is 0. The van der Waals surface area contributed by atoms with Crippen LogP contribution in [0.15, 0.2) is 73.4 Å². The minimum atomic E-state index is 0.941. The fraction of sp³-hybridized carbons (Fsp3) is 0.782. The minimum Gasteiger partial charge on any atom is -0.103 e. The Balaban J connectivity index is 0.00000187. The minimum absolute atomic E-state index is 0.941. The molecule has 1 rings (SSSR count). The third kappa shape index (κ3) is 37.8. The number of allylic oxidation sites excluding steroid dienone is 11. The highest BCUT2D eigenvalue weighted by atomic mass is 14.4. The second-order valence-corrected chi connectivity index (χ2v) is 17.3. The van der Waals surface area contributed by atoms with E-state index >= 15 is 0 Å². The van der Waals surface area contributed by atoms with E-state index in [0.29, 0.717) is 0 Å². The van der Waals surface area contributed by atoms with Crippen molar-refractivity contribution in [2.45, 2.75) is 253 Å². The third-order valence-electron chi connectivity index (χ3n) is 12.3. The van der Waals surface area contributed by atoms with Crippen LogP contribution in [0.25, 0.3) is 0 Å². The number of rotatable bonds is 38. The molecule has 1 aliphatic carbocycles. The maximum Gasteiger partial charge on any atom is -0.0169 e. The van der Waals surface area contributed by atoms with Crippen LogP contribution in [0.4, 0.5) is 0 Å². The average Bonchev–Trinajstić information content (AvgIpc) is 3.56. The van der Waals surface area contributed by atoms with Crippen LogP contribution in [0.1, 0.15) is 253 Å². The van der Waals surface area contributed by atoms with Gasteiger partial charge in [-0.2, -0.15) is 0 Å². The molecule has 0 aromatic carbocycles. The van der Waals surface area contributed by atoms with Crippen molar-refractivity contribution in [1.29, 1.82) is 0 Å². The predicted octanol–water partition coefficient (Wildman–Crippen LogP) is 19.8. The van der Waals surface area contributed by atoms with Gasteiger partial charge in [0.25, 0.3) is 0 Å². The molecule has 0 aromatic rings. The molecular weight excluding hydrogens is 661 g/mol. The summed E-state index contributed by atoms with van der Waals surface area (Å²) >= 11 is 0. The first-order valence-corrected chi connectivity index (χ1v) is 25.0. The first kappa shape index (κ1) is 53.4. The molecule has 0 N–H and O–H groups in total. The second kappa shape index (κ2) is 45.1. The van der Waals surface area contributed by atoms with Crippen molar-refractivity contribution in [3.8, 4) is 0 Å². The summed E-state index contributed by atoms with van der Waals surface area (Å²) in [7, 11) is 0. The Labute approximate surface area is 348 Å². The molecule has 320 valence electrons. The van der Waals surface area contributed by atoms with Gasteiger partial charge in [-0.05, 0) is 114 Å². The Hall–Kier alpha value is -1.56. The van der Waals surface area contributed by atoms with Gasteiger partial charge in [-0.3, -0.25) is 0 Å². The first-order chi connectivity index (χ1) is 27.1. The molecule has 0 heterocycles. The molecule has 0 bridgehead atoms. The molecule has 0 aromatic heterocycles. The Morgan fingerprint density at radius 2 is 0.927 bits per heavy atom. The molecule has 1 aliphatic rings.